The lowest BCUT2D eigenvalue weighted by Crippen LogP contribution is -2.13. The molecule has 1 fully saturated rings. The molecule has 1 saturated carbocycles. The minimum atomic E-state index is 0.282. The van der Waals surface area contributed by atoms with E-state index in [1.807, 2.05) is 0 Å². The summed E-state index contributed by atoms with van der Waals surface area (Å²) in [6.07, 6.45) is 4.95. The number of nitrogens with two attached hydrogens (primary N) is 1. The van der Waals surface area contributed by atoms with Gasteiger partial charge in [0.25, 0.3) is 0 Å². The minimum absolute atomic E-state index is 0.282. The van der Waals surface area contributed by atoms with Crippen LogP contribution in [-0.2, 0) is 11.3 Å². The highest BCUT2D eigenvalue weighted by atomic mass is 16.5. The predicted molar refractivity (Wildman–Crippen MR) is 60.0 cm³/mol. The maximum absolute atomic E-state index is 5.76. The lowest BCUT2D eigenvalue weighted by atomic mass is 10.3. The fourth-order valence-electron chi connectivity index (χ4n) is 1.92. The van der Waals surface area contributed by atoms with Crippen LogP contribution < -0.4 is 10.5 Å². The van der Waals surface area contributed by atoms with E-state index in [0.717, 1.165) is 12.8 Å². The van der Waals surface area contributed by atoms with Gasteiger partial charge in [0.05, 0.1) is 0 Å². The molecule has 1 aliphatic rings. The third-order valence-electron chi connectivity index (χ3n) is 2.63. The van der Waals surface area contributed by atoms with Crippen molar-refractivity contribution in [2.24, 2.45) is 0 Å². The summed E-state index contributed by atoms with van der Waals surface area (Å²) in [5.74, 6) is 1.55. The molecule has 2 rings (SSSR count). The van der Waals surface area contributed by atoms with E-state index in [1.54, 1.807) is 13.2 Å². The van der Waals surface area contributed by atoms with E-state index >= 15 is 0 Å². The Kier molecular flexibility index (Phi) is 3.56. The largest absolute Gasteiger partial charge is 0.474 e. The summed E-state index contributed by atoms with van der Waals surface area (Å²) in [5, 5.41) is 0. The Balaban J connectivity index is 2.06. The van der Waals surface area contributed by atoms with Crippen LogP contribution in [0.3, 0.4) is 0 Å². The molecule has 1 aromatic rings. The number of anilines is 1. The molecule has 0 radical (unpaired) electrons. The molecular formula is C11H17N3O2. The molecule has 1 aromatic heterocycles. The second kappa shape index (κ2) is 5.12. The van der Waals surface area contributed by atoms with E-state index in [4.69, 9.17) is 15.2 Å². The van der Waals surface area contributed by atoms with Crippen molar-refractivity contribution in [1.82, 2.24) is 9.97 Å². The lowest BCUT2D eigenvalue weighted by Gasteiger charge is -2.12. The van der Waals surface area contributed by atoms with Crippen molar-refractivity contribution in [2.75, 3.05) is 12.8 Å². The number of nitrogens with zero attached hydrogens (tertiary/aromatic N) is 2. The van der Waals surface area contributed by atoms with Crippen LogP contribution in [0.5, 0.6) is 5.88 Å². The first-order valence-corrected chi connectivity index (χ1v) is 5.57. The average Bonchev–Trinajstić information content (AvgIpc) is 2.70. The molecule has 0 amide bonds. The molecule has 0 unspecified atom stereocenters. The second-order valence-corrected chi connectivity index (χ2v) is 4.00. The number of hydrogen-bond donors (Lipinski definition) is 1. The van der Waals surface area contributed by atoms with E-state index in [9.17, 15) is 0 Å². The molecule has 0 atom stereocenters. The van der Waals surface area contributed by atoms with Crippen LogP contribution in [-0.4, -0.2) is 23.2 Å². The van der Waals surface area contributed by atoms with Gasteiger partial charge in [0.2, 0.25) is 5.88 Å². The van der Waals surface area contributed by atoms with E-state index in [-0.39, 0.29) is 6.10 Å². The van der Waals surface area contributed by atoms with Crippen molar-refractivity contribution in [2.45, 2.75) is 38.4 Å². The molecule has 0 bridgehead atoms. The van der Waals surface area contributed by atoms with Crippen molar-refractivity contribution < 1.29 is 9.47 Å². The third kappa shape index (κ3) is 2.82. The maximum atomic E-state index is 5.76. The van der Waals surface area contributed by atoms with E-state index in [1.165, 1.54) is 12.8 Å². The summed E-state index contributed by atoms with van der Waals surface area (Å²) in [6.45, 7) is 0.353. The molecule has 1 heterocycles. The number of nitrogen functional groups attached to an aromatic ring is 1. The number of hydrogen-bond acceptors (Lipinski definition) is 5. The van der Waals surface area contributed by atoms with Crippen LogP contribution in [0.15, 0.2) is 6.07 Å². The van der Waals surface area contributed by atoms with Gasteiger partial charge in [-0.1, -0.05) is 0 Å². The van der Waals surface area contributed by atoms with E-state index in [2.05, 4.69) is 9.97 Å². The number of rotatable bonds is 4. The molecule has 5 nitrogen and oxygen atoms in total. The minimum Gasteiger partial charge on any atom is -0.474 e. The summed E-state index contributed by atoms with van der Waals surface area (Å²) >= 11 is 0. The van der Waals surface area contributed by atoms with Crippen molar-refractivity contribution in [3.8, 4) is 5.88 Å². The molecule has 0 spiro atoms. The fraction of sp³-hybridized carbons (Fsp3) is 0.636. The Labute approximate surface area is 95.0 Å². The van der Waals surface area contributed by atoms with Crippen LogP contribution in [0.4, 0.5) is 5.82 Å². The second-order valence-electron chi connectivity index (χ2n) is 4.00. The monoisotopic (exact) mass is 223 g/mol. The number of methoxy groups -OCH3 is 1. The third-order valence-corrected chi connectivity index (χ3v) is 2.63. The smallest absolute Gasteiger partial charge is 0.219 e. The van der Waals surface area contributed by atoms with Gasteiger partial charge in [-0.3, -0.25) is 0 Å². The zero-order valence-corrected chi connectivity index (χ0v) is 9.48. The number of aromatic nitrogens is 2. The van der Waals surface area contributed by atoms with Crippen LogP contribution in [0.2, 0.25) is 0 Å². The first-order valence-electron chi connectivity index (χ1n) is 5.57. The summed E-state index contributed by atoms with van der Waals surface area (Å²) in [4.78, 5) is 8.31. The van der Waals surface area contributed by atoms with Crippen molar-refractivity contribution in [1.29, 1.82) is 0 Å². The molecule has 16 heavy (non-hydrogen) atoms. The molecule has 0 aromatic carbocycles. The summed E-state index contributed by atoms with van der Waals surface area (Å²) in [7, 11) is 1.60. The van der Waals surface area contributed by atoms with Gasteiger partial charge in [-0.15, -0.1) is 0 Å². The summed E-state index contributed by atoms with van der Waals surface area (Å²) in [6, 6.07) is 1.66. The molecule has 88 valence electrons. The van der Waals surface area contributed by atoms with Gasteiger partial charge in [0.1, 0.15) is 18.5 Å². The standard InChI is InChI=1S/C11H17N3O2/c1-15-7-10-13-9(12)6-11(14-10)16-8-4-2-3-5-8/h6,8H,2-5,7H2,1H3,(H2,12,13,14). The van der Waals surface area contributed by atoms with Gasteiger partial charge in [-0.2, -0.15) is 4.98 Å². The first kappa shape index (κ1) is 11.1. The molecule has 0 saturated heterocycles. The molecule has 2 N–H and O–H groups in total. The van der Waals surface area contributed by atoms with Crippen molar-refractivity contribution >= 4 is 5.82 Å². The molecular weight excluding hydrogens is 206 g/mol. The Morgan fingerprint density at radius 2 is 2.12 bits per heavy atom. The van der Waals surface area contributed by atoms with Crippen LogP contribution in [0, 0.1) is 0 Å². The highest BCUT2D eigenvalue weighted by Crippen LogP contribution is 2.23. The zero-order valence-electron chi connectivity index (χ0n) is 9.48. The van der Waals surface area contributed by atoms with E-state index in [0.29, 0.717) is 24.1 Å². The Morgan fingerprint density at radius 1 is 1.38 bits per heavy atom. The van der Waals surface area contributed by atoms with Crippen LogP contribution in [0.1, 0.15) is 31.5 Å². The Hall–Kier alpha value is -1.36. The van der Waals surface area contributed by atoms with E-state index < -0.39 is 0 Å². The SMILES string of the molecule is COCc1nc(N)cc(OC2CCCC2)n1. The molecule has 1 aliphatic carbocycles. The van der Waals surface area contributed by atoms with Gasteiger partial charge < -0.3 is 15.2 Å². The van der Waals surface area contributed by atoms with Gasteiger partial charge in [-0.25, -0.2) is 4.98 Å². The predicted octanol–water partition coefficient (Wildman–Crippen LogP) is 1.53. The van der Waals surface area contributed by atoms with Crippen LogP contribution >= 0.6 is 0 Å². The topological polar surface area (TPSA) is 70.3 Å². The van der Waals surface area contributed by atoms with Gasteiger partial charge in [-0.05, 0) is 25.7 Å². The van der Waals surface area contributed by atoms with Crippen LogP contribution in [0.25, 0.3) is 0 Å². The normalized spacial score (nSPS) is 16.6. The summed E-state index contributed by atoms with van der Waals surface area (Å²) in [5.41, 5.74) is 5.68. The van der Waals surface area contributed by atoms with Crippen molar-refractivity contribution in [3.05, 3.63) is 11.9 Å². The zero-order chi connectivity index (χ0) is 11.4. The summed E-state index contributed by atoms with van der Waals surface area (Å²) < 4.78 is 10.7. The maximum Gasteiger partial charge on any atom is 0.219 e. The fourth-order valence-corrected chi connectivity index (χ4v) is 1.92. The highest BCUT2D eigenvalue weighted by Gasteiger charge is 2.17. The lowest BCUT2D eigenvalue weighted by molar-refractivity contribution is 0.171. The van der Waals surface area contributed by atoms with Gasteiger partial charge >= 0.3 is 0 Å². The molecule has 0 aliphatic heterocycles. The van der Waals surface area contributed by atoms with Crippen molar-refractivity contribution in [3.63, 3.8) is 0 Å². The Morgan fingerprint density at radius 3 is 2.81 bits per heavy atom. The quantitative estimate of drug-likeness (QED) is 0.838. The molecule has 5 heteroatoms. The first-order chi connectivity index (χ1) is 7.78. The number of ether oxygens (including phenoxy) is 2. The highest BCUT2D eigenvalue weighted by molar-refractivity contribution is 5.32. The van der Waals surface area contributed by atoms with Gasteiger partial charge in [0, 0.05) is 13.2 Å². The Bertz CT molecular complexity index is 351. The van der Waals surface area contributed by atoms with Gasteiger partial charge in [0.15, 0.2) is 5.82 Å². The average molecular weight is 223 g/mol.